The van der Waals surface area contributed by atoms with Crippen molar-refractivity contribution in [1.29, 1.82) is 0 Å². The van der Waals surface area contributed by atoms with Crippen LogP contribution in [-0.2, 0) is 0 Å². The summed E-state index contributed by atoms with van der Waals surface area (Å²) in [6, 6.07) is 3.50. The van der Waals surface area contributed by atoms with E-state index in [0.29, 0.717) is 16.7 Å². The SMILES string of the molecule is Cc1cc2c(cc1N)[nH]c(=O)n2C(=O)C1CCC1. The molecule has 5 nitrogen and oxygen atoms in total. The first-order valence-electron chi connectivity index (χ1n) is 6.13. The minimum Gasteiger partial charge on any atom is -0.398 e. The summed E-state index contributed by atoms with van der Waals surface area (Å²) in [5.41, 5.74) is 8.17. The smallest absolute Gasteiger partial charge is 0.333 e. The number of hydrogen-bond donors (Lipinski definition) is 2. The van der Waals surface area contributed by atoms with Crippen LogP contribution in [0.5, 0.6) is 0 Å². The Labute approximate surface area is 104 Å². The molecule has 3 N–H and O–H groups in total. The maximum absolute atomic E-state index is 12.2. The third kappa shape index (κ3) is 1.47. The van der Waals surface area contributed by atoms with Gasteiger partial charge in [0.1, 0.15) is 0 Å². The molecule has 1 aliphatic rings. The molecular weight excluding hydrogens is 230 g/mol. The molecule has 1 fully saturated rings. The first-order chi connectivity index (χ1) is 8.58. The van der Waals surface area contributed by atoms with E-state index in [0.717, 1.165) is 24.8 Å². The van der Waals surface area contributed by atoms with E-state index in [1.165, 1.54) is 4.57 Å². The summed E-state index contributed by atoms with van der Waals surface area (Å²) in [5.74, 6) is -0.0961. The van der Waals surface area contributed by atoms with Gasteiger partial charge in [-0.3, -0.25) is 4.79 Å². The Morgan fingerprint density at radius 2 is 2.17 bits per heavy atom. The Bertz CT molecular complexity index is 692. The van der Waals surface area contributed by atoms with Crippen LogP contribution < -0.4 is 11.4 Å². The number of carbonyl (C=O) groups is 1. The highest BCUT2D eigenvalue weighted by Crippen LogP contribution is 2.29. The van der Waals surface area contributed by atoms with Gasteiger partial charge in [0.05, 0.1) is 11.0 Å². The number of benzene rings is 1. The van der Waals surface area contributed by atoms with Crippen molar-refractivity contribution >= 4 is 22.6 Å². The summed E-state index contributed by atoms with van der Waals surface area (Å²) in [5, 5.41) is 0. The molecule has 1 saturated carbocycles. The lowest BCUT2D eigenvalue weighted by molar-refractivity contribution is 0.0766. The molecule has 5 heteroatoms. The third-order valence-corrected chi connectivity index (χ3v) is 3.74. The van der Waals surface area contributed by atoms with E-state index in [-0.39, 0.29) is 17.5 Å². The number of rotatable bonds is 1. The molecule has 2 aromatic rings. The fourth-order valence-corrected chi connectivity index (χ4v) is 2.33. The molecule has 0 saturated heterocycles. The van der Waals surface area contributed by atoms with Crippen LogP contribution in [0.25, 0.3) is 11.0 Å². The number of aromatic amines is 1. The standard InChI is InChI=1S/C13H15N3O2/c1-7-5-11-10(6-9(7)14)15-13(18)16(11)12(17)8-3-2-4-8/h5-6,8H,2-4,14H2,1H3,(H,15,18). The van der Waals surface area contributed by atoms with Gasteiger partial charge in [-0.25, -0.2) is 9.36 Å². The van der Waals surface area contributed by atoms with Crippen molar-refractivity contribution < 1.29 is 4.79 Å². The zero-order valence-electron chi connectivity index (χ0n) is 10.2. The van der Waals surface area contributed by atoms with E-state index in [9.17, 15) is 9.59 Å². The van der Waals surface area contributed by atoms with E-state index in [4.69, 9.17) is 5.73 Å². The average molecular weight is 245 g/mol. The Morgan fingerprint density at radius 3 is 2.78 bits per heavy atom. The Balaban J connectivity index is 2.21. The highest BCUT2D eigenvalue weighted by atomic mass is 16.2. The predicted octanol–water partition coefficient (Wildman–Crippen LogP) is 1.66. The molecule has 0 aliphatic heterocycles. The van der Waals surface area contributed by atoms with Crippen molar-refractivity contribution in [1.82, 2.24) is 9.55 Å². The van der Waals surface area contributed by atoms with Gasteiger partial charge in [0.2, 0.25) is 5.91 Å². The summed E-state index contributed by atoms with van der Waals surface area (Å²) in [6.45, 7) is 1.87. The summed E-state index contributed by atoms with van der Waals surface area (Å²) in [6.07, 6.45) is 2.83. The van der Waals surface area contributed by atoms with E-state index < -0.39 is 0 Å². The minimum absolute atomic E-state index is 0.000408. The molecule has 1 aromatic carbocycles. The van der Waals surface area contributed by atoms with E-state index in [2.05, 4.69) is 4.98 Å². The molecular formula is C13H15N3O2. The van der Waals surface area contributed by atoms with Gasteiger partial charge in [-0.1, -0.05) is 6.42 Å². The summed E-state index contributed by atoms with van der Waals surface area (Å²) >= 11 is 0. The molecule has 0 spiro atoms. The molecule has 1 heterocycles. The zero-order valence-corrected chi connectivity index (χ0v) is 10.2. The topological polar surface area (TPSA) is 80.9 Å². The van der Waals surface area contributed by atoms with E-state index >= 15 is 0 Å². The van der Waals surface area contributed by atoms with Crippen molar-refractivity contribution in [3.8, 4) is 0 Å². The van der Waals surface area contributed by atoms with Gasteiger partial charge in [-0.15, -0.1) is 0 Å². The molecule has 0 radical (unpaired) electrons. The molecule has 18 heavy (non-hydrogen) atoms. The van der Waals surface area contributed by atoms with Gasteiger partial charge in [0.15, 0.2) is 0 Å². The number of aryl methyl sites for hydroxylation is 1. The fraction of sp³-hybridized carbons (Fsp3) is 0.385. The van der Waals surface area contributed by atoms with Crippen LogP contribution in [0.2, 0.25) is 0 Å². The van der Waals surface area contributed by atoms with Crippen molar-refractivity contribution in [3.63, 3.8) is 0 Å². The number of H-pyrrole nitrogens is 1. The number of anilines is 1. The Hall–Kier alpha value is -2.04. The largest absolute Gasteiger partial charge is 0.398 e. The highest BCUT2D eigenvalue weighted by Gasteiger charge is 2.28. The van der Waals surface area contributed by atoms with Crippen LogP contribution in [0.4, 0.5) is 5.69 Å². The number of imidazole rings is 1. The number of carbonyl (C=O) groups excluding carboxylic acids is 1. The highest BCUT2D eigenvalue weighted by molar-refractivity contribution is 5.93. The maximum Gasteiger partial charge on any atom is 0.333 e. The summed E-state index contributed by atoms with van der Waals surface area (Å²) in [4.78, 5) is 26.8. The Kier molecular flexibility index (Phi) is 2.29. The second-order valence-corrected chi connectivity index (χ2v) is 4.96. The van der Waals surface area contributed by atoms with Gasteiger partial charge in [-0.05, 0) is 37.5 Å². The van der Waals surface area contributed by atoms with Gasteiger partial charge in [-0.2, -0.15) is 0 Å². The monoisotopic (exact) mass is 245 g/mol. The molecule has 0 atom stereocenters. The quantitative estimate of drug-likeness (QED) is 0.750. The van der Waals surface area contributed by atoms with E-state index in [1.54, 1.807) is 12.1 Å². The summed E-state index contributed by atoms with van der Waals surface area (Å²) < 4.78 is 1.26. The number of aromatic nitrogens is 2. The Morgan fingerprint density at radius 1 is 1.44 bits per heavy atom. The first-order valence-corrected chi connectivity index (χ1v) is 6.13. The second kappa shape index (κ2) is 3.73. The molecule has 94 valence electrons. The number of nitrogens with one attached hydrogen (secondary N) is 1. The van der Waals surface area contributed by atoms with Crippen molar-refractivity contribution in [3.05, 3.63) is 28.2 Å². The number of hydrogen-bond acceptors (Lipinski definition) is 3. The lowest BCUT2D eigenvalue weighted by Gasteiger charge is -2.23. The van der Waals surface area contributed by atoms with Gasteiger partial charge in [0, 0.05) is 11.6 Å². The number of fused-ring (bicyclic) bond motifs is 1. The number of nitrogens with zero attached hydrogens (tertiary/aromatic N) is 1. The normalized spacial score (nSPS) is 15.8. The van der Waals surface area contributed by atoms with Crippen LogP contribution in [0, 0.1) is 12.8 Å². The lowest BCUT2D eigenvalue weighted by Crippen LogP contribution is -2.33. The second-order valence-electron chi connectivity index (χ2n) is 4.96. The van der Waals surface area contributed by atoms with Gasteiger partial charge in [0.25, 0.3) is 0 Å². The molecule has 0 bridgehead atoms. The van der Waals surface area contributed by atoms with Crippen LogP contribution in [0.1, 0.15) is 29.6 Å². The van der Waals surface area contributed by atoms with Crippen LogP contribution in [0.15, 0.2) is 16.9 Å². The predicted molar refractivity (Wildman–Crippen MR) is 69.7 cm³/mol. The third-order valence-electron chi connectivity index (χ3n) is 3.74. The number of nitrogen functional groups attached to an aromatic ring is 1. The van der Waals surface area contributed by atoms with E-state index in [1.807, 2.05) is 6.92 Å². The molecule has 0 amide bonds. The van der Waals surface area contributed by atoms with Crippen molar-refractivity contribution in [2.45, 2.75) is 26.2 Å². The number of nitrogens with two attached hydrogens (primary N) is 1. The molecule has 3 rings (SSSR count). The lowest BCUT2D eigenvalue weighted by atomic mass is 9.85. The van der Waals surface area contributed by atoms with Gasteiger partial charge < -0.3 is 10.7 Å². The minimum atomic E-state index is -0.369. The van der Waals surface area contributed by atoms with Crippen molar-refractivity contribution in [2.24, 2.45) is 5.92 Å². The van der Waals surface area contributed by atoms with Crippen molar-refractivity contribution in [2.75, 3.05) is 5.73 Å². The molecule has 1 aromatic heterocycles. The molecule has 1 aliphatic carbocycles. The fourth-order valence-electron chi connectivity index (χ4n) is 2.33. The maximum atomic E-state index is 12.2. The first kappa shape index (κ1) is 11.1. The summed E-state index contributed by atoms with van der Waals surface area (Å²) in [7, 11) is 0. The van der Waals surface area contributed by atoms with Gasteiger partial charge >= 0.3 is 5.69 Å². The zero-order chi connectivity index (χ0) is 12.9. The van der Waals surface area contributed by atoms with Crippen LogP contribution in [0.3, 0.4) is 0 Å². The van der Waals surface area contributed by atoms with Crippen LogP contribution in [-0.4, -0.2) is 15.5 Å². The van der Waals surface area contributed by atoms with Crippen LogP contribution >= 0.6 is 0 Å². The molecule has 0 unspecified atom stereocenters. The average Bonchev–Trinajstić information content (AvgIpc) is 2.52.